The van der Waals surface area contributed by atoms with Crippen LogP contribution in [0, 0.1) is 17.2 Å². The van der Waals surface area contributed by atoms with E-state index >= 15 is 0 Å². The SMILES string of the molecule is COc1cccc(CCCNCCCC(C#N)(c2ccccc2)C(C)C)c1. The Kier molecular flexibility index (Phi) is 8.36. The van der Waals surface area contributed by atoms with Crippen LogP contribution in [0.15, 0.2) is 54.6 Å². The minimum Gasteiger partial charge on any atom is -0.497 e. The van der Waals surface area contributed by atoms with E-state index in [9.17, 15) is 5.26 Å². The standard InChI is InChI=1S/C24H32N2O/c1-20(2)24(19-25,22-12-5-4-6-13-22)15-9-17-26-16-8-11-21-10-7-14-23(18-21)27-3/h4-7,10,12-14,18,20,26H,8-9,11,15-17H2,1-3H3. The maximum absolute atomic E-state index is 9.93. The van der Waals surface area contributed by atoms with Crippen LogP contribution in [0.3, 0.4) is 0 Å². The number of nitrogens with one attached hydrogen (secondary N) is 1. The molecule has 2 aromatic carbocycles. The van der Waals surface area contributed by atoms with E-state index in [0.717, 1.165) is 50.1 Å². The first-order valence-corrected chi connectivity index (χ1v) is 9.93. The lowest BCUT2D eigenvalue weighted by Crippen LogP contribution is -2.32. The van der Waals surface area contributed by atoms with Gasteiger partial charge in [-0.2, -0.15) is 5.26 Å². The minimum absolute atomic E-state index is 0.290. The van der Waals surface area contributed by atoms with Crippen molar-refractivity contribution in [2.24, 2.45) is 5.92 Å². The van der Waals surface area contributed by atoms with Crippen LogP contribution in [0.25, 0.3) is 0 Å². The molecular weight excluding hydrogens is 332 g/mol. The van der Waals surface area contributed by atoms with Crippen LogP contribution in [0.2, 0.25) is 0 Å². The molecule has 144 valence electrons. The molecule has 1 N–H and O–H groups in total. The van der Waals surface area contributed by atoms with Gasteiger partial charge in [0.05, 0.1) is 18.6 Å². The molecule has 1 atom stereocenters. The number of nitrogens with zero attached hydrogens (tertiary/aromatic N) is 1. The first-order chi connectivity index (χ1) is 13.1. The van der Waals surface area contributed by atoms with Crippen molar-refractivity contribution in [1.29, 1.82) is 5.26 Å². The van der Waals surface area contributed by atoms with Crippen LogP contribution in [0.1, 0.15) is 44.2 Å². The maximum Gasteiger partial charge on any atom is 0.119 e. The summed E-state index contributed by atoms with van der Waals surface area (Å²) in [7, 11) is 1.70. The van der Waals surface area contributed by atoms with Gasteiger partial charge in [-0.1, -0.05) is 56.3 Å². The van der Waals surface area contributed by atoms with Crippen LogP contribution in [0.4, 0.5) is 0 Å². The third-order valence-corrected chi connectivity index (χ3v) is 5.35. The fraction of sp³-hybridized carbons (Fsp3) is 0.458. The molecule has 0 spiro atoms. The largest absolute Gasteiger partial charge is 0.497 e. The zero-order valence-electron chi connectivity index (χ0n) is 16.9. The number of aryl methyl sites for hydroxylation is 1. The minimum atomic E-state index is -0.399. The van der Waals surface area contributed by atoms with Crippen molar-refractivity contribution < 1.29 is 4.74 Å². The van der Waals surface area contributed by atoms with Gasteiger partial charge in [-0.05, 0) is 68.0 Å². The van der Waals surface area contributed by atoms with Crippen LogP contribution in [0.5, 0.6) is 5.75 Å². The van der Waals surface area contributed by atoms with E-state index in [1.807, 2.05) is 30.3 Å². The highest BCUT2D eigenvalue weighted by atomic mass is 16.5. The third-order valence-electron chi connectivity index (χ3n) is 5.35. The van der Waals surface area contributed by atoms with Crippen LogP contribution in [-0.2, 0) is 11.8 Å². The number of nitriles is 1. The molecule has 2 rings (SSSR count). The first kappa shape index (κ1) is 21.0. The van der Waals surface area contributed by atoms with Crippen LogP contribution >= 0.6 is 0 Å². The van der Waals surface area contributed by atoms with Gasteiger partial charge in [0.1, 0.15) is 5.75 Å². The molecule has 0 aliphatic heterocycles. The number of methoxy groups -OCH3 is 1. The highest BCUT2D eigenvalue weighted by Gasteiger charge is 2.35. The van der Waals surface area contributed by atoms with Gasteiger partial charge < -0.3 is 10.1 Å². The first-order valence-electron chi connectivity index (χ1n) is 9.93. The van der Waals surface area contributed by atoms with Gasteiger partial charge >= 0.3 is 0 Å². The van der Waals surface area contributed by atoms with E-state index in [0.29, 0.717) is 0 Å². The molecule has 0 aliphatic rings. The fourth-order valence-corrected chi connectivity index (χ4v) is 3.61. The molecule has 0 aromatic heterocycles. The summed E-state index contributed by atoms with van der Waals surface area (Å²) in [5.74, 6) is 1.21. The van der Waals surface area contributed by atoms with Gasteiger partial charge in [0.2, 0.25) is 0 Å². The van der Waals surface area contributed by atoms with Crippen molar-refractivity contribution in [2.75, 3.05) is 20.2 Å². The Morgan fingerprint density at radius 2 is 1.78 bits per heavy atom. The highest BCUT2D eigenvalue weighted by molar-refractivity contribution is 5.33. The van der Waals surface area contributed by atoms with Gasteiger partial charge in [-0.3, -0.25) is 0 Å². The molecule has 0 bridgehead atoms. The Labute approximate surface area is 164 Å². The van der Waals surface area contributed by atoms with Crippen molar-refractivity contribution in [3.8, 4) is 11.8 Å². The molecule has 0 saturated carbocycles. The number of ether oxygens (including phenoxy) is 1. The topological polar surface area (TPSA) is 45.0 Å². The lowest BCUT2D eigenvalue weighted by molar-refractivity contribution is 0.356. The Morgan fingerprint density at radius 1 is 1.04 bits per heavy atom. The van der Waals surface area contributed by atoms with Crippen molar-refractivity contribution in [3.63, 3.8) is 0 Å². The van der Waals surface area contributed by atoms with E-state index in [2.05, 4.69) is 49.5 Å². The monoisotopic (exact) mass is 364 g/mol. The molecule has 0 heterocycles. The third kappa shape index (κ3) is 5.84. The van der Waals surface area contributed by atoms with Gasteiger partial charge in [0, 0.05) is 0 Å². The smallest absolute Gasteiger partial charge is 0.119 e. The Hall–Kier alpha value is -2.31. The molecule has 2 aromatic rings. The summed E-state index contributed by atoms with van der Waals surface area (Å²) in [6, 6.07) is 21.1. The molecule has 27 heavy (non-hydrogen) atoms. The predicted molar refractivity (Wildman–Crippen MR) is 112 cm³/mol. The van der Waals surface area contributed by atoms with E-state index in [4.69, 9.17) is 4.74 Å². The van der Waals surface area contributed by atoms with Gasteiger partial charge in [-0.25, -0.2) is 0 Å². The van der Waals surface area contributed by atoms with E-state index in [1.54, 1.807) is 7.11 Å². The Morgan fingerprint density at radius 3 is 2.44 bits per heavy atom. The summed E-state index contributed by atoms with van der Waals surface area (Å²) in [6.45, 7) is 6.24. The van der Waals surface area contributed by atoms with Gasteiger partial charge in [0.25, 0.3) is 0 Å². The van der Waals surface area contributed by atoms with Crippen molar-refractivity contribution in [2.45, 2.75) is 44.9 Å². The lowest BCUT2D eigenvalue weighted by atomic mass is 9.70. The van der Waals surface area contributed by atoms with Gasteiger partial charge in [0.15, 0.2) is 0 Å². The molecule has 0 fully saturated rings. The van der Waals surface area contributed by atoms with Gasteiger partial charge in [-0.15, -0.1) is 0 Å². The highest BCUT2D eigenvalue weighted by Crippen LogP contribution is 2.36. The Balaban J connectivity index is 1.75. The summed E-state index contributed by atoms with van der Waals surface area (Å²) in [4.78, 5) is 0. The van der Waals surface area contributed by atoms with Crippen LogP contribution < -0.4 is 10.1 Å². The van der Waals surface area contributed by atoms with Crippen molar-refractivity contribution in [3.05, 3.63) is 65.7 Å². The molecule has 1 unspecified atom stereocenters. The Bertz CT molecular complexity index is 721. The average Bonchev–Trinajstić information content (AvgIpc) is 2.71. The number of rotatable bonds is 11. The number of hydrogen-bond donors (Lipinski definition) is 1. The van der Waals surface area contributed by atoms with E-state index < -0.39 is 5.41 Å². The van der Waals surface area contributed by atoms with Crippen LogP contribution in [-0.4, -0.2) is 20.2 Å². The molecule has 3 nitrogen and oxygen atoms in total. The summed E-state index contributed by atoms with van der Waals surface area (Å²) in [5, 5.41) is 13.5. The second kappa shape index (κ2) is 10.7. The molecule has 0 amide bonds. The molecular formula is C24H32N2O. The lowest BCUT2D eigenvalue weighted by Gasteiger charge is -2.31. The zero-order valence-corrected chi connectivity index (χ0v) is 16.9. The number of benzene rings is 2. The van der Waals surface area contributed by atoms with Crippen molar-refractivity contribution >= 4 is 0 Å². The summed E-state index contributed by atoms with van der Waals surface area (Å²) >= 11 is 0. The summed E-state index contributed by atoms with van der Waals surface area (Å²) < 4.78 is 5.27. The molecule has 3 heteroatoms. The molecule has 0 saturated heterocycles. The second-order valence-corrected chi connectivity index (χ2v) is 7.41. The fourth-order valence-electron chi connectivity index (χ4n) is 3.61. The average molecular weight is 365 g/mol. The van der Waals surface area contributed by atoms with Crippen molar-refractivity contribution in [1.82, 2.24) is 5.32 Å². The maximum atomic E-state index is 9.93. The molecule has 0 radical (unpaired) electrons. The summed E-state index contributed by atoms with van der Waals surface area (Å²) in [6.07, 6.45) is 4.02. The second-order valence-electron chi connectivity index (χ2n) is 7.41. The zero-order chi connectivity index (χ0) is 19.5. The van der Waals surface area contributed by atoms with E-state index in [-0.39, 0.29) is 5.92 Å². The predicted octanol–water partition coefficient (Wildman–Crippen LogP) is 5.12. The quantitative estimate of drug-likeness (QED) is 0.563. The van der Waals surface area contributed by atoms with E-state index in [1.165, 1.54) is 5.56 Å². The number of hydrogen-bond acceptors (Lipinski definition) is 3. The molecule has 0 aliphatic carbocycles. The summed E-state index contributed by atoms with van der Waals surface area (Å²) in [5.41, 5.74) is 2.05. The normalized spacial score (nSPS) is 13.1.